The third-order valence-corrected chi connectivity index (χ3v) is 3.24. The molecule has 0 radical (unpaired) electrons. The third-order valence-electron chi connectivity index (χ3n) is 3.24. The first-order valence-corrected chi connectivity index (χ1v) is 7.42. The Kier molecular flexibility index (Phi) is 4.77. The molecular weight excluding hydrogens is 303 g/mol. The molecule has 1 aromatic rings. The van der Waals surface area contributed by atoms with Crippen LogP contribution in [0, 0.1) is 5.82 Å². The molecule has 1 aliphatic carbocycles. The van der Waals surface area contributed by atoms with E-state index >= 15 is 0 Å². The highest BCUT2D eigenvalue weighted by molar-refractivity contribution is 5.69. The molecule has 6 nitrogen and oxygen atoms in total. The number of carbonyl (C=O) groups excluding carboxylic acids is 2. The van der Waals surface area contributed by atoms with Crippen LogP contribution >= 0.6 is 0 Å². The van der Waals surface area contributed by atoms with Gasteiger partial charge in [0.25, 0.3) is 0 Å². The average molecular weight is 324 g/mol. The summed E-state index contributed by atoms with van der Waals surface area (Å²) >= 11 is 0. The summed E-state index contributed by atoms with van der Waals surface area (Å²) in [7, 11) is 0. The molecule has 1 saturated carbocycles. The molecule has 0 spiro atoms. The molecule has 126 valence electrons. The van der Waals surface area contributed by atoms with E-state index < -0.39 is 23.6 Å². The number of nitrogens with two attached hydrogens (primary N) is 1. The summed E-state index contributed by atoms with van der Waals surface area (Å²) < 4.78 is 23.8. The van der Waals surface area contributed by atoms with Gasteiger partial charge in [0.15, 0.2) is 11.6 Å². The van der Waals surface area contributed by atoms with E-state index in [-0.39, 0.29) is 18.2 Å². The fraction of sp³-hybridized carbons (Fsp3) is 0.500. The predicted molar refractivity (Wildman–Crippen MR) is 81.7 cm³/mol. The Bertz CT molecular complexity index is 621. The molecule has 2 rings (SSSR count). The number of benzene rings is 1. The summed E-state index contributed by atoms with van der Waals surface area (Å²) in [5.74, 6) is -0.615. The van der Waals surface area contributed by atoms with Gasteiger partial charge in [0.2, 0.25) is 0 Å². The zero-order chi connectivity index (χ0) is 17.2. The van der Waals surface area contributed by atoms with Gasteiger partial charge in [0.1, 0.15) is 5.60 Å². The number of rotatable bonds is 4. The quantitative estimate of drug-likeness (QED) is 0.890. The lowest BCUT2D eigenvalue weighted by Gasteiger charge is -2.20. The Morgan fingerprint density at radius 1 is 1.35 bits per heavy atom. The lowest BCUT2D eigenvalue weighted by atomic mass is 10.0. The maximum absolute atomic E-state index is 14.0. The van der Waals surface area contributed by atoms with Crippen LogP contribution in [0.15, 0.2) is 12.1 Å². The van der Waals surface area contributed by atoms with Crippen LogP contribution < -0.4 is 15.8 Å². The van der Waals surface area contributed by atoms with Crippen molar-refractivity contribution in [2.24, 2.45) is 5.73 Å². The second-order valence-corrected chi connectivity index (χ2v) is 6.53. The van der Waals surface area contributed by atoms with Crippen LogP contribution in [-0.4, -0.2) is 17.8 Å². The maximum atomic E-state index is 14.0. The van der Waals surface area contributed by atoms with Crippen LogP contribution in [0.4, 0.5) is 14.0 Å². The molecule has 0 heterocycles. The highest BCUT2D eigenvalue weighted by Gasteiger charge is 2.28. The topological polar surface area (TPSA) is 90.7 Å². The first-order valence-electron chi connectivity index (χ1n) is 7.42. The fourth-order valence-electron chi connectivity index (χ4n) is 2.21. The smallest absolute Gasteiger partial charge is 0.410 e. The number of carbonyl (C=O) groups is 2. The highest BCUT2D eigenvalue weighted by Crippen LogP contribution is 2.43. The first-order chi connectivity index (χ1) is 10.7. The van der Waals surface area contributed by atoms with E-state index in [0.717, 1.165) is 18.4 Å². The second kappa shape index (κ2) is 6.44. The molecule has 0 saturated heterocycles. The van der Waals surface area contributed by atoms with Crippen molar-refractivity contribution in [3.05, 3.63) is 29.1 Å². The highest BCUT2D eigenvalue weighted by atomic mass is 19.1. The van der Waals surface area contributed by atoms with Crippen LogP contribution in [0.3, 0.4) is 0 Å². The molecular formula is C16H21FN2O4. The van der Waals surface area contributed by atoms with E-state index in [0.29, 0.717) is 5.56 Å². The summed E-state index contributed by atoms with van der Waals surface area (Å²) in [5, 5.41) is 2.61. The van der Waals surface area contributed by atoms with Gasteiger partial charge in [0.05, 0.1) is 0 Å². The second-order valence-electron chi connectivity index (χ2n) is 6.53. The summed E-state index contributed by atoms with van der Waals surface area (Å²) in [4.78, 5) is 22.5. The minimum absolute atomic E-state index is 0.133. The molecule has 1 fully saturated rings. The van der Waals surface area contributed by atoms with Crippen molar-refractivity contribution in [3.63, 3.8) is 0 Å². The van der Waals surface area contributed by atoms with Crippen LogP contribution in [0.5, 0.6) is 5.75 Å². The molecule has 0 aliphatic heterocycles. The molecule has 1 aromatic carbocycles. The number of hydrogen-bond acceptors (Lipinski definition) is 4. The SMILES string of the molecule is CC(C)(C)OC(=O)NCc1cc(F)c(OC(N)=O)cc1C1CC1. The monoisotopic (exact) mass is 324 g/mol. The van der Waals surface area contributed by atoms with Gasteiger partial charge < -0.3 is 20.5 Å². The molecule has 1 aliphatic rings. The number of primary amides is 1. The van der Waals surface area contributed by atoms with Crippen LogP contribution in [0.1, 0.15) is 50.7 Å². The number of nitrogens with one attached hydrogen (secondary N) is 1. The van der Waals surface area contributed by atoms with Crippen molar-refractivity contribution in [2.75, 3.05) is 0 Å². The van der Waals surface area contributed by atoms with E-state index in [9.17, 15) is 14.0 Å². The molecule has 2 amide bonds. The number of ether oxygens (including phenoxy) is 2. The maximum Gasteiger partial charge on any atom is 0.410 e. The number of hydrogen-bond donors (Lipinski definition) is 2. The predicted octanol–water partition coefficient (Wildman–Crippen LogP) is 3.19. The summed E-state index contributed by atoms with van der Waals surface area (Å²) in [6.07, 6.45) is 0.310. The van der Waals surface area contributed by atoms with Gasteiger partial charge in [-0.05, 0) is 62.8 Å². The molecule has 23 heavy (non-hydrogen) atoms. The fourth-order valence-corrected chi connectivity index (χ4v) is 2.21. The summed E-state index contributed by atoms with van der Waals surface area (Å²) in [5.41, 5.74) is 5.80. The van der Waals surface area contributed by atoms with Gasteiger partial charge in [-0.2, -0.15) is 0 Å². The largest absolute Gasteiger partial charge is 0.444 e. The Hall–Kier alpha value is -2.31. The van der Waals surface area contributed by atoms with Crippen LogP contribution in [0.25, 0.3) is 0 Å². The van der Waals surface area contributed by atoms with Crippen LogP contribution in [0.2, 0.25) is 0 Å². The van der Waals surface area contributed by atoms with Gasteiger partial charge in [-0.3, -0.25) is 0 Å². The van der Waals surface area contributed by atoms with E-state index in [1.54, 1.807) is 20.8 Å². The molecule has 0 unspecified atom stereocenters. The molecule has 0 aromatic heterocycles. The summed E-state index contributed by atoms with van der Waals surface area (Å²) in [6, 6.07) is 2.73. The van der Waals surface area contributed by atoms with Crippen LogP contribution in [-0.2, 0) is 11.3 Å². The van der Waals surface area contributed by atoms with Crippen molar-refractivity contribution >= 4 is 12.2 Å². The van der Waals surface area contributed by atoms with Gasteiger partial charge in [-0.25, -0.2) is 14.0 Å². The molecule has 0 atom stereocenters. The van der Waals surface area contributed by atoms with Crippen molar-refractivity contribution < 1.29 is 23.5 Å². The van der Waals surface area contributed by atoms with E-state index in [1.807, 2.05) is 0 Å². The minimum Gasteiger partial charge on any atom is -0.444 e. The molecule has 3 N–H and O–H groups in total. The first kappa shape index (κ1) is 17.1. The lowest BCUT2D eigenvalue weighted by Crippen LogP contribution is -2.32. The lowest BCUT2D eigenvalue weighted by molar-refractivity contribution is 0.0523. The van der Waals surface area contributed by atoms with E-state index in [1.165, 1.54) is 12.1 Å². The van der Waals surface area contributed by atoms with E-state index in [4.69, 9.17) is 10.5 Å². The Morgan fingerprint density at radius 3 is 2.52 bits per heavy atom. The Balaban J connectivity index is 2.13. The Morgan fingerprint density at radius 2 is 2.00 bits per heavy atom. The van der Waals surface area contributed by atoms with Crippen molar-refractivity contribution in [2.45, 2.75) is 51.7 Å². The van der Waals surface area contributed by atoms with Crippen molar-refractivity contribution in [1.82, 2.24) is 5.32 Å². The van der Waals surface area contributed by atoms with E-state index in [2.05, 4.69) is 10.1 Å². The van der Waals surface area contributed by atoms with Gasteiger partial charge >= 0.3 is 12.2 Å². The third kappa shape index (κ3) is 5.12. The summed E-state index contributed by atoms with van der Waals surface area (Å²) in [6.45, 7) is 5.42. The standard InChI is InChI=1S/C16H21FN2O4/c1-16(2,3)23-15(21)19-8-10-6-12(17)13(22-14(18)20)7-11(10)9-4-5-9/h6-7,9H,4-5,8H2,1-3H3,(H2,18,20)(H,19,21). The minimum atomic E-state index is -1.06. The normalized spacial score (nSPS) is 14.3. The zero-order valence-corrected chi connectivity index (χ0v) is 13.4. The van der Waals surface area contributed by atoms with Gasteiger partial charge in [-0.1, -0.05) is 0 Å². The Labute approximate surface area is 134 Å². The van der Waals surface area contributed by atoms with Gasteiger partial charge in [0, 0.05) is 6.54 Å². The zero-order valence-electron chi connectivity index (χ0n) is 13.4. The average Bonchev–Trinajstić information content (AvgIpc) is 3.20. The van der Waals surface area contributed by atoms with Gasteiger partial charge in [-0.15, -0.1) is 0 Å². The van der Waals surface area contributed by atoms with Crippen molar-refractivity contribution in [3.8, 4) is 5.75 Å². The van der Waals surface area contributed by atoms with Crippen molar-refractivity contribution in [1.29, 1.82) is 0 Å². The number of amides is 2. The molecule has 0 bridgehead atoms. The number of halogens is 1. The number of alkyl carbamates (subject to hydrolysis) is 1. The molecule has 7 heteroatoms.